The van der Waals surface area contributed by atoms with Crippen molar-refractivity contribution in [3.8, 4) is 0 Å². The number of halogens is 1. The predicted molar refractivity (Wildman–Crippen MR) is 60.7 cm³/mol. The molecule has 3 heteroatoms. The summed E-state index contributed by atoms with van der Waals surface area (Å²) in [7, 11) is 0. The Bertz CT molecular complexity index is 457. The average Bonchev–Trinajstić information content (AvgIpc) is 2.87. The summed E-state index contributed by atoms with van der Waals surface area (Å²) >= 11 is 2.32. The van der Waals surface area contributed by atoms with Crippen LogP contribution in [-0.4, -0.2) is 9.55 Å². The Morgan fingerprint density at radius 3 is 3.00 bits per heavy atom. The molecule has 1 aromatic heterocycles. The summed E-state index contributed by atoms with van der Waals surface area (Å²) in [5, 5.41) is 0. The molecule has 2 aromatic rings. The number of hydrogen-bond acceptors (Lipinski definition) is 1. The normalized spacial score (nSPS) is 16.7. The Hall–Kier alpha value is -0.580. The summed E-state index contributed by atoms with van der Waals surface area (Å²) < 4.78 is 3.55. The zero-order valence-electron chi connectivity index (χ0n) is 7.07. The Kier molecular flexibility index (Phi) is 1.62. The molecule has 0 unspecified atom stereocenters. The van der Waals surface area contributed by atoms with Gasteiger partial charge in [0, 0.05) is 9.61 Å². The van der Waals surface area contributed by atoms with Gasteiger partial charge in [-0.25, -0.2) is 4.98 Å². The molecule has 0 radical (unpaired) electrons. The maximum Gasteiger partial charge on any atom is 0.0960 e. The zero-order valence-corrected chi connectivity index (χ0v) is 9.23. The van der Waals surface area contributed by atoms with Gasteiger partial charge in [-0.3, -0.25) is 0 Å². The standard InChI is InChI=1S/C10H9IN2/c11-7-1-4-10-9(5-7)12-6-13(10)8-2-3-8/h1,4-6,8H,2-3H2. The third-order valence-electron chi connectivity index (χ3n) is 2.48. The molecule has 3 rings (SSSR count). The van der Waals surface area contributed by atoms with Gasteiger partial charge in [-0.1, -0.05) is 0 Å². The second-order valence-electron chi connectivity index (χ2n) is 3.52. The molecule has 0 spiro atoms. The van der Waals surface area contributed by atoms with E-state index in [1.54, 1.807) is 0 Å². The van der Waals surface area contributed by atoms with Gasteiger partial charge in [0.2, 0.25) is 0 Å². The van der Waals surface area contributed by atoms with Gasteiger partial charge in [-0.05, 0) is 53.6 Å². The number of fused-ring (bicyclic) bond motifs is 1. The maximum atomic E-state index is 4.40. The van der Waals surface area contributed by atoms with Crippen LogP contribution in [0.25, 0.3) is 11.0 Å². The first-order valence-electron chi connectivity index (χ1n) is 4.47. The number of imidazole rings is 1. The van der Waals surface area contributed by atoms with Crippen molar-refractivity contribution in [2.24, 2.45) is 0 Å². The molecule has 13 heavy (non-hydrogen) atoms. The lowest BCUT2D eigenvalue weighted by atomic mass is 10.3. The van der Waals surface area contributed by atoms with Crippen molar-refractivity contribution in [1.82, 2.24) is 9.55 Å². The molecule has 1 aliphatic carbocycles. The van der Waals surface area contributed by atoms with E-state index in [0.29, 0.717) is 0 Å². The molecule has 0 bridgehead atoms. The number of benzene rings is 1. The van der Waals surface area contributed by atoms with Crippen LogP contribution in [0.1, 0.15) is 18.9 Å². The molecule has 1 aromatic carbocycles. The molecule has 0 N–H and O–H groups in total. The van der Waals surface area contributed by atoms with Gasteiger partial charge in [-0.15, -0.1) is 0 Å². The van der Waals surface area contributed by atoms with Crippen LogP contribution in [0, 0.1) is 3.57 Å². The summed E-state index contributed by atoms with van der Waals surface area (Å²) in [6.45, 7) is 0. The summed E-state index contributed by atoms with van der Waals surface area (Å²) in [4.78, 5) is 4.40. The Morgan fingerprint density at radius 2 is 2.23 bits per heavy atom. The Morgan fingerprint density at radius 1 is 1.38 bits per heavy atom. The monoisotopic (exact) mass is 284 g/mol. The number of nitrogens with zero attached hydrogens (tertiary/aromatic N) is 2. The van der Waals surface area contributed by atoms with Crippen molar-refractivity contribution in [1.29, 1.82) is 0 Å². The highest BCUT2D eigenvalue weighted by Gasteiger charge is 2.24. The largest absolute Gasteiger partial charge is 0.327 e. The third-order valence-corrected chi connectivity index (χ3v) is 3.15. The van der Waals surface area contributed by atoms with Gasteiger partial charge < -0.3 is 4.57 Å². The smallest absolute Gasteiger partial charge is 0.0960 e. The molecule has 2 nitrogen and oxygen atoms in total. The van der Waals surface area contributed by atoms with Crippen molar-refractivity contribution in [3.05, 3.63) is 28.1 Å². The molecule has 0 saturated heterocycles. The van der Waals surface area contributed by atoms with Crippen LogP contribution in [0.2, 0.25) is 0 Å². The van der Waals surface area contributed by atoms with Crippen LogP contribution in [0.3, 0.4) is 0 Å². The minimum Gasteiger partial charge on any atom is -0.327 e. The summed E-state index contributed by atoms with van der Waals surface area (Å²) in [6.07, 6.45) is 4.60. The fourth-order valence-electron chi connectivity index (χ4n) is 1.65. The Labute approximate surface area is 90.1 Å². The van der Waals surface area contributed by atoms with Crippen molar-refractivity contribution < 1.29 is 0 Å². The molecule has 1 heterocycles. The van der Waals surface area contributed by atoms with E-state index in [-0.39, 0.29) is 0 Å². The minimum absolute atomic E-state index is 0.727. The van der Waals surface area contributed by atoms with E-state index < -0.39 is 0 Å². The van der Waals surface area contributed by atoms with E-state index in [4.69, 9.17) is 0 Å². The number of hydrogen-bond donors (Lipinski definition) is 0. The minimum atomic E-state index is 0.727. The van der Waals surface area contributed by atoms with Gasteiger partial charge >= 0.3 is 0 Å². The van der Waals surface area contributed by atoms with E-state index in [0.717, 1.165) is 11.6 Å². The number of rotatable bonds is 1. The SMILES string of the molecule is Ic1ccc2c(c1)ncn2C1CC1. The van der Waals surface area contributed by atoms with Gasteiger partial charge in [0.1, 0.15) is 0 Å². The Balaban J connectivity index is 2.26. The van der Waals surface area contributed by atoms with Gasteiger partial charge in [-0.2, -0.15) is 0 Å². The number of aromatic nitrogens is 2. The van der Waals surface area contributed by atoms with Crippen LogP contribution < -0.4 is 0 Å². The quantitative estimate of drug-likeness (QED) is 0.736. The highest BCUT2D eigenvalue weighted by molar-refractivity contribution is 14.1. The summed E-state index contributed by atoms with van der Waals surface area (Å²) in [5.74, 6) is 0. The highest BCUT2D eigenvalue weighted by Crippen LogP contribution is 2.37. The second-order valence-corrected chi connectivity index (χ2v) is 4.76. The molecule has 1 saturated carbocycles. The van der Waals surface area contributed by atoms with E-state index in [2.05, 4.69) is 50.3 Å². The van der Waals surface area contributed by atoms with Crippen LogP contribution in [-0.2, 0) is 0 Å². The lowest BCUT2D eigenvalue weighted by Gasteiger charge is -1.99. The zero-order chi connectivity index (χ0) is 8.84. The third kappa shape index (κ3) is 1.25. The fourth-order valence-corrected chi connectivity index (χ4v) is 2.12. The van der Waals surface area contributed by atoms with Crippen molar-refractivity contribution in [2.75, 3.05) is 0 Å². The predicted octanol–water partition coefficient (Wildman–Crippen LogP) is 2.98. The van der Waals surface area contributed by atoms with Crippen LogP contribution in [0.15, 0.2) is 24.5 Å². The maximum absolute atomic E-state index is 4.40. The van der Waals surface area contributed by atoms with Crippen LogP contribution >= 0.6 is 22.6 Å². The van der Waals surface area contributed by atoms with Gasteiger partial charge in [0.15, 0.2) is 0 Å². The molecular formula is C10H9IN2. The first-order valence-corrected chi connectivity index (χ1v) is 5.54. The molecule has 66 valence electrons. The van der Waals surface area contributed by atoms with Gasteiger partial charge in [0.05, 0.1) is 17.4 Å². The topological polar surface area (TPSA) is 17.8 Å². The lowest BCUT2D eigenvalue weighted by Crippen LogP contribution is -1.89. The molecule has 1 aliphatic rings. The lowest BCUT2D eigenvalue weighted by molar-refractivity contribution is 0.766. The molecule has 0 amide bonds. The van der Waals surface area contributed by atoms with E-state index >= 15 is 0 Å². The van der Waals surface area contributed by atoms with Gasteiger partial charge in [0.25, 0.3) is 0 Å². The molecule has 1 fully saturated rings. The molecular weight excluding hydrogens is 275 g/mol. The van der Waals surface area contributed by atoms with Crippen LogP contribution in [0.4, 0.5) is 0 Å². The first-order chi connectivity index (χ1) is 6.34. The van der Waals surface area contributed by atoms with Crippen molar-refractivity contribution >= 4 is 33.6 Å². The average molecular weight is 284 g/mol. The highest BCUT2D eigenvalue weighted by atomic mass is 127. The van der Waals surface area contributed by atoms with Crippen LogP contribution in [0.5, 0.6) is 0 Å². The fraction of sp³-hybridized carbons (Fsp3) is 0.300. The van der Waals surface area contributed by atoms with Crippen molar-refractivity contribution in [2.45, 2.75) is 18.9 Å². The first kappa shape index (κ1) is 7.79. The van der Waals surface area contributed by atoms with Crippen molar-refractivity contribution in [3.63, 3.8) is 0 Å². The molecule has 0 atom stereocenters. The molecule has 0 aliphatic heterocycles. The summed E-state index contributed by atoms with van der Waals surface area (Å²) in [5.41, 5.74) is 2.40. The second kappa shape index (κ2) is 2.70. The van der Waals surface area contributed by atoms with E-state index in [1.807, 2.05) is 6.33 Å². The van der Waals surface area contributed by atoms with E-state index in [9.17, 15) is 0 Å². The van der Waals surface area contributed by atoms with E-state index in [1.165, 1.54) is 21.9 Å². The summed E-state index contributed by atoms with van der Waals surface area (Å²) in [6, 6.07) is 7.17.